The highest BCUT2D eigenvalue weighted by molar-refractivity contribution is 9.09. The normalized spacial score (nSPS) is 11.6. The van der Waals surface area contributed by atoms with Gasteiger partial charge >= 0.3 is 0 Å². The molecular weight excluding hydrogens is 418 g/mol. The molecule has 0 aromatic heterocycles. The summed E-state index contributed by atoms with van der Waals surface area (Å²) in [6, 6.07) is 15.0. The monoisotopic (exact) mass is 432 g/mol. The van der Waals surface area contributed by atoms with Crippen molar-refractivity contribution in [2.75, 3.05) is 10.7 Å². The van der Waals surface area contributed by atoms with Crippen LogP contribution in [0.3, 0.4) is 0 Å². The van der Waals surface area contributed by atoms with Gasteiger partial charge in [-0.3, -0.25) is 0 Å². The van der Waals surface area contributed by atoms with E-state index in [1.54, 1.807) is 12.1 Å². The van der Waals surface area contributed by atoms with Gasteiger partial charge in [0.25, 0.3) is 0 Å². The van der Waals surface area contributed by atoms with Crippen molar-refractivity contribution in [3.63, 3.8) is 0 Å². The molecule has 0 heterocycles. The van der Waals surface area contributed by atoms with Gasteiger partial charge in [0, 0.05) is 15.7 Å². The van der Waals surface area contributed by atoms with E-state index in [-0.39, 0.29) is 11.2 Å². The Balaban J connectivity index is 2.27. The minimum absolute atomic E-state index is 0.0904. The van der Waals surface area contributed by atoms with Crippen LogP contribution in [0.1, 0.15) is 11.1 Å². The lowest BCUT2D eigenvalue weighted by Gasteiger charge is -2.30. The molecule has 0 radical (unpaired) electrons. The molecule has 0 saturated heterocycles. The van der Waals surface area contributed by atoms with Crippen LogP contribution in [-0.4, -0.2) is 10.7 Å². The minimum Gasteiger partial charge on any atom is -0.207 e. The molecular formula is C17H16Br2ClF. The summed E-state index contributed by atoms with van der Waals surface area (Å²) in [5, 5.41) is 2.14. The summed E-state index contributed by atoms with van der Waals surface area (Å²) in [5.41, 5.74) is 1.82. The van der Waals surface area contributed by atoms with Gasteiger partial charge in [0.15, 0.2) is 0 Å². The van der Waals surface area contributed by atoms with Crippen molar-refractivity contribution in [1.29, 1.82) is 0 Å². The second kappa shape index (κ2) is 7.75. The van der Waals surface area contributed by atoms with Crippen LogP contribution in [-0.2, 0) is 12.8 Å². The van der Waals surface area contributed by atoms with Gasteiger partial charge < -0.3 is 0 Å². The SMILES string of the molecule is Fc1ccc(Cl)cc1CC(CBr)(CBr)Cc1ccccc1. The third-order valence-corrected chi connectivity index (χ3v) is 6.18. The van der Waals surface area contributed by atoms with Gasteiger partial charge in [0.2, 0.25) is 0 Å². The van der Waals surface area contributed by atoms with E-state index in [4.69, 9.17) is 11.6 Å². The summed E-state index contributed by atoms with van der Waals surface area (Å²) in [6.45, 7) is 0. The maximum Gasteiger partial charge on any atom is 0.126 e. The molecule has 0 unspecified atom stereocenters. The van der Waals surface area contributed by atoms with E-state index in [2.05, 4.69) is 44.0 Å². The summed E-state index contributed by atoms with van der Waals surface area (Å²) in [7, 11) is 0. The molecule has 0 aliphatic heterocycles. The average molecular weight is 435 g/mol. The minimum atomic E-state index is -0.196. The lowest BCUT2D eigenvalue weighted by molar-refractivity contribution is 0.378. The Bertz CT molecular complexity index is 583. The molecule has 0 aliphatic rings. The molecule has 2 aromatic rings. The molecule has 0 N–H and O–H groups in total. The molecule has 21 heavy (non-hydrogen) atoms. The third-order valence-electron chi connectivity index (χ3n) is 3.56. The van der Waals surface area contributed by atoms with Gasteiger partial charge in [0.05, 0.1) is 0 Å². The van der Waals surface area contributed by atoms with Crippen molar-refractivity contribution >= 4 is 43.5 Å². The number of alkyl halides is 2. The smallest absolute Gasteiger partial charge is 0.126 e. The quantitative estimate of drug-likeness (QED) is 0.486. The van der Waals surface area contributed by atoms with Gasteiger partial charge in [-0.1, -0.05) is 73.8 Å². The second-order valence-corrected chi connectivity index (χ2v) is 6.90. The first-order chi connectivity index (χ1) is 10.1. The zero-order chi connectivity index (χ0) is 15.3. The molecule has 0 spiro atoms. The molecule has 0 fully saturated rings. The fraction of sp³-hybridized carbons (Fsp3) is 0.294. The first kappa shape index (κ1) is 17.0. The van der Waals surface area contributed by atoms with Crippen LogP contribution in [0, 0.1) is 11.2 Å². The predicted molar refractivity (Wildman–Crippen MR) is 95.3 cm³/mol. The molecule has 0 aliphatic carbocycles. The number of hydrogen-bond acceptors (Lipinski definition) is 0. The average Bonchev–Trinajstić information content (AvgIpc) is 2.51. The Morgan fingerprint density at radius 3 is 2.24 bits per heavy atom. The highest BCUT2D eigenvalue weighted by atomic mass is 79.9. The van der Waals surface area contributed by atoms with Crippen LogP contribution in [0.15, 0.2) is 48.5 Å². The van der Waals surface area contributed by atoms with Crippen LogP contribution in [0.2, 0.25) is 5.02 Å². The summed E-state index contributed by atoms with van der Waals surface area (Å²) >= 11 is 13.2. The zero-order valence-corrected chi connectivity index (χ0v) is 15.4. The summed E-state index contributed by atoms with van der Waals surface area (Å²) in [5.74, 6) is -0.196. The van der Waals surface area contributed by atoms with E-state index in [1.807, 2.05) is 18.2 Å². The lowest BCUT2D eigenvalue weighted by atomic mass is 9.80. The Morgan fingerprint density at radius 2 is 1.62 bits per heavy atom. The molecule has 0 amide bonds. The number of rotatable bonds is 6. The Kier molecular flexibility index (Phi) is 6.27. The second-order valence-electron chi connectivity index (χ2n) is 5.34. The summed E-state index contributed by atoms with van der Waals surface area (Å²) in [4.78, 5) is 0. The van der Waals surface area contributed by atoms with Gasteiger partial charge in [-0.25, -0.2) is 4.39 Å². The highest BCUT2D eigenvalue weighted by Gasteiger charge is 2.29. The van der Waals surface area contributed by atoms with E-state index in [9.17, 15) is 4.39 Å². The highest BCUT2D eigenvalue weighted by Crippen LogP contribution is 2.33. The Morgan fingerprint density at radius 1 is 0.952 bits per heavy atom. The van der Waals surface area contributed by atoms with Crippen molar-refractivity contribution in [2.45, 2.75) is 12.8 Å². The summed E-state index contributed by atoms with van der Waals surface area (Å²) in [6.07, 6.45) is 1.50. The molecule has 0 saturated carbocycles. The van der Waals surface area contributed by atoms with Crippen molar-refractivity contribution in [3.05, 3.63) is 70.5 Å². The van der Waals surface area contributed by atoms with E-state index in [0.717, 1.165) is 17.1 Å². The van der Waals surface area contributed by atoms with Crippen molar-refractivity contribution in [1.82, 2.24) is 0 Å². The topological polar surface area (TPSA) is 0 Å². The molecule has 112 valence electrons. The lowest BCUT2D eigenvalue weighted by Crippen LogP contribution is -2.31. The molecule has 2 rings (SSSR count). The van der Waals surface area contributed by atoms with Crippen LogP contribution >= 0.6 is 43.5 Å². The molecule has 0 bridgehead atoms. The molecule has 2 aromatic carbocycles. The van der Waals surface area contributed by atoms with E-state index < -0.39 is 0 Å². The van der Waals surface area contributed by atoms with Crippen LogP contribution in [0.5, 0.6) is 0 Å². The van der Waals surface area contributed by atoms with Gasteiger partial charge in [-0.05, 0) is 47.6 Å². The fourth-order valence-corrected chi connectivity index (χ4v) is 4.32. The largest absolute Gasteiger partial charge is 0.207 e. The maximum atomic E-state index is 14.0. The molecule has 0 nitrogen and oxygen atoms in total. The number of benzene rings is 2. The molecule has 4 heteroatoms. The number of hydrogen-bond donors (Lipinski definition) is 0. The maximum absolute atomic E-state index is 14.0. The van der Waals surface area contributed by atoms with E-state index in [1.165, 1.54) is 11.6 Å². The van der Waals surface area contributed by atoms with Gasteiger partial charge in [-0.2, -0.15) is 0 Å². The zero-order valence-electron chi connectivity index (χ0n) is 11.5. The van der Waals surface area contributed by atoms with Crippen molar-refractivity contribution < 1.29 is 4.39 Å². The van der Waals surface area contributed by atoms with Crippen LogP contribution in [0.4, 0.5) is 4.39 Å². The predicted octanol–water partition coefficient (Wildman–Crippen LogP) is 6.04. The van der Waals surface area contributed by atoms with Crippen molar-refractivity contribution in [3.8, 4) is 0 Å². The first-order valence-electron chi connectivity index (χ1n) is 6.68. The van der Waals surface area contributed by atoms with Crippen LogP contribution < -0.4 is 0 Å². The Labute approximate surface area is 147 Å². The van der Waals surface area contributed by atoms with Gasteiger partial charge in [-0.15, -0.1) is 0 Å². The van der Waals surface area contributed by atoms with Gasteiger partial charge in [0.1, 0.15) is 5.82 Å². The summed E-state index contributed by atoms with van der Waals surface area (Å²) < 4.78 is 14.0. The standard InChI is InChI=1S/C17H16Br2ClF/c18-11-17(12-19,9-13-4-2-1-3-5-13)10-14-8-15(20)6-7-16(14)21/h1-8H,9-12H2. The van der Waals surface area contributed by atoms with Crippen molar-refractivity contribution in [2.24, 2.45) is 5.41 Å². The first-order valence-corrected chi connectivity index (χ1v) is 9.30. The fourth-order valence-electron chi connectivity index (χ4n) is 2.40. The Hall–Kier alpha value is -0.380. The number of halogens is 4. The van der Waals surface area contributed by atoms with E-state index in [0.29, 0.717) is 17.0 Å². The van der Waals surface area contributed by atoms with Crippen LogP contribution in [0.25, 0.3) is 0 Å². The third kappa shape index (κ3) is 4.54. The van der Waals surface area contributed by atoms with E-state index >= 15 is 0 Å². The molecule has 0 atom stereocenters.